The number of halogens is 7. The van der Waals surface area contributed by atoms with Crippen molar-refractivity contribution in [3.63, 3.8) is 0 Å². The quantitative estimate of drug-likeness (QED) is 0.808. The predicted molar refractivity (Wildman–Crippen MR) is 73.2 cm³/mol. The second-order valence-corrected chi connectivity index (χ2v) is 5.09. The van der Waals surface area contributed by atoms with Gasteiger partial charge in [0.15, 0.2) is 5.15 Å². The molecule has 1 amide bonds. The fourth-order valence-electron chi connectivity index (χ4n) is 1.73. The second kappa shape index (κ2) is 6.85. The number of carbonyl (C=O) groups excluding carboxylic acids is 1. The van der Waals surface area contributed by atoms with Gasteiger partial charge in [-0.25, -0.2) is 8.78 Å². The average Bonchev–Trinajstić information content (AvgIpc) is 2.84. The maximum absolute atomic E-state index is 13.1. The van der Waals surface area contributed by atoms with Crippen molar-refractivity contribution in [1.82, 2.24) is 20.0 Å². The molecule has 1 N–H and O–H groups in total. The molecule has 0 aromatic carbocycles. The van der Waals surface area contributed by atoms with E-state index in [1.807, 2.05) is 0 Å². The van der Waals surface area contributed by atoms with E-state index in [0.717, 1.165) is 6.20 Å². The van der Waals surface area contributed by atoms with Gasteiger partial charge in [0.1, 0.15) is 17.9 Å². The van der Waals surface area contributed by atoms with E-state index in [1.165, 1.54) is 0 Å². The van der Waals surface area contributed by atoms with Crippen molar-refractivity contribution in [3.8, 4) is 0 Å². The van der Waals surface area contributed by atoms with Gasteiger partial charge >= 0.3 is 6.18 Å². The Morgan fingerprint density at radius 1 is 1.29 bits per heavy atom. The van der Waals surface area contributed by atoms with Gasteiger partial charge in [-0.15, -0.1) is 5.10 Å². The van der Waals surface area contributed by atoms with Gasteiger partial charge in [-0.05, 0) is 0 Å². The van der Waals surface area contributed by atoms with E-state index in [0.29, 0.717) is 6.20 Å². The number of hydrogen-bond acceptors (Lipinski definition) is 4. The fraction of sp³-hybridized carbons (Fsp3) is 0.273. The molecule has 6 nitrogen and oxygen atoms in total. The second-order valence-electron chi connectivity index (χ2n) is 4.33. The maximum atomic E-state index is 13.1. The lowest BCUT2D eigenvalue weighted by molar-refractivity contribution is -0.143. The van der Waals surface area contributed by atoms with E-state index in [-0.39, 0.29) is 20.5 Å². The lowest BCUT2D eigenvalue weighted by Gasteiger charge is -2.11. The van der Waals surface area contributed by atoms with E-state index >= 15 is 0 Å². The number of aromatic nitrogens is 4. The molecule has 0 spiro atoms. The molecule has 2 aromatic heterocycles. The SMILES string of the molecule is O=C(Nc1c(Cl)cnnc1Cl)c1cnn(CC(F)(F)F)c1C(F)F. The first-order valence-corrected chi connectivity index (χ1v) is 6.74. The molecule has 0 unspecified atom stereocenters. The molecule has 2 aromatic rings. The smallest absolute Gasteiger partial charge is 0.318 e. The number of rotatable bonds is 4. The highest BCUT2D eigenvalue weighted by atomic mass is 35.5. The first-order chi connectivity index (χ1) is 11.1. The Bertz CT molecular complexity index is 743. The van der Waals surface area contributed by atoms with E-state index in [9.17, 15) is 26.7 Å². The minimum Gasteiger partial charge on any atom is -0.318 e. The van der Waals surface area contributed by atoms with Gasteiger partial charge in [-0.3, -0.25) is 9.48 Å². The third-order valence-electron chi connectivity index (χ3n) is 2.66. The standard InChI is InChI=1S/C11H6Cl2F5N5O/c12-5-2-19-22-8(13)6(5)21-10(24)4-1-20-23(3-11(16,17)18)7(4)9(14)15/h1-2,9H,3H2,(H,19,21,24). The molecule has 0 atom stereocenters. The van der Waals surface area contributed by atoms with Gasteiger partial charge in [0, 0.05) is 0 Å². The molecule has 0 bridgehead atoms. The minimum atomic E-state index is -4.79. The van der Waals surface area contributed by atoms with Crippen LogP contribution in [0.15, 0.2) is 12.4 Å². The summed E-state index contributed by atoms with van der Waals surface area (Å²) in [6.45, 7) is -1.77. The summed E-state index contributed by atoms with van der Waals surface area (Å²) in [5, 5.41) is 11.6. The normalized spacial score (nSPS) is 11.8. The average molecular weight is 390 g/mol. The summed E-state index contributed by atoms with van der Waals surface area (Å²) in [6, 6.07) is 0. The molecule has 0 aliphatic carbocycles. The lowest BCUT2D eigenvalue weighted by Crippen LogP contribution is -2.22. The molecule has 0 radical (unpaired) electrons. The topological polar surface area (TPSA) is 72.7 Å². The van der Waals surface area contributed by atoms with Crippen molar-refractivity contribution < 1.29 is 26.7 Å². The highest BCUT2D eigenvalue weighted by Gasteiger charge is 2.33. The van der Waals surface area contributed by atoms with Crippen molar-refractivity contribution in [3.05, 3.63) is 33.8 Å². The summed E-state index contributed by atoms with van der Waals surface area (Å²) >= 11 is 11.4. The predicted octanol–water partition coefficient (Wildman–Crippen LogP) is 3.73. The van der Waals surface area contributed by atoms with Gasteiger partial charge in [0.25, 0.3) is 12.3 Å². The van der Waals surface area contributed by atoms with Gasteiger partial charge < -0.3 is 5.32 Å². The van der Waals surface area contributed by atoms with Gasteiger partial charge in [0.05, 0.1) is 23.0 Å². The van der Waals surface area contributed by atoms with Crippen LogP contribution >= 0.6 is 23.2 Å². The largest absolute Gasteiger partial charge is 0.408 e. The zero-order valence-corrected chi connectivity index (χ0v) is 12.8. The minimum absolute atomic E-state index is 0.00753. The summed E-state index contributed by atoms with van der Waals surface area (Å²) in [5.41, 5.74) is -2.15. The van der Waals surface area contributed by atoms with Crippen LogP contribution in [0.3, 0.4) is 0 Å². The number of amides is 1. The van der Waals surface area contributed by atoms with Crippen LogP contribution in [-0.4, -0.2) is 32.1 Å². The van der Waals surface area contributed by atoms with Crippen LogP contribution in [-0.2, 0) is 6.54 Å². The van der Waals surface area contributed by atoms with Crippen LogP contribution in [0, 0.1) is 0 Å². The van der Waals surface area contributed by atoms with E-state index in [1.54, 1.807) is 0 Å². The molecule has 0 saturated carbocycles. The maximum Gasteiger partial charge on any atom is 0.408 e. The molecule has 2 rings (SSSR count). The Morgan fingerprint density at radius 3 is 2.50 bits per heavy atom. The number of anilines is 1. The van der Waals surface area contributed by atoms with E-state index in [4.69, 9.17) is 23.2 Å². The van der Waals surface area contributed by atoms with Crippen LogP contribution in [0.25, 0.3) is 0 Å². The molecular weight excluding hydrogens is 384 g/mol. The number of nitrogens with zero attached hydrogens (tertiary/aromatic N) is 4. The highest BCUT2D eigenvalue weighted by molar-refractivity contribution is 6.39. The van der Waals surface area contributed by atoms with Crippen LogP contribution < -0.4 is 5.32 Å². The zero-order valence-electron chi connectivity index (χ0n) is 11.3. The summed E-state index contributed by atoms with van der Waals surface area (Å²) in [4.78, 5) is 12.1. The number of carbonyl (C=O) groups is 1. The number of alkyl halides is 5. The van der Waals surface area contributed by atoms with Crippen molar-refractivity contribution in [2.24, 2.45) is 0 Å². The monoisotopic (exact) mass is 389 g/mol. The van der Waals surface area contributed by atoms with Crippen molar-refractivity contribution >= 4 is 34.8 Å². The number of hydrogen-bond donors (Lipinski definition) is 1. The Labute approximate surface area is 140 Å². The molecule has 0 aliphatic heterocycles. The first kappa shape index (κ1) is 18.3. The fourth-order valence-corrected chi connectivity index (χ4v) is 2.15. The first-order valence-electron chi connectivity index (χ1n) is 5.98. The van der Waals surface area contributed by atoms with Crippen molar-refractivity contribution in [2.45, 2.75) is 19.1 Å². The van der Waals surface area contributed by atoms with Gasteiger partial charge in [-0.1, -0.05) is 23.2 Å². The van der Waals surface area contributed by atoms with Crippen LogP contribution in [0.1, 0.15) is 22.5 Å². The summed E-state index contributed by atoms with van der Waals surface area (Å²) < 4.78 is 63.3. The molecular formula is C11H6Cl2F5N5O. The van der Waals surface area contributed by atoms with Crippen LogP contribution in [0.5, 0.6) is 0 Å². The Kier molecular flexibility index (Phi) is 5.23. The molecule has 0 fully saturated rings. The van der Waals surface area contributed by atoms with Crippen molar-refractivity contribution in [2.75, 3.05) is 5.32 Å². The Hall–Kier alpha value is -2.01. The lowest BCUT2D eigenvalue weighted by atomic mass is 10.2. The van der Waals surface area contributed by atoms with E-state index < -0.39 is 36.3 Å². The highest BCUT2D eigenvalue weighted by Crippen LogP contribution is 2.30. The third-order valence-corrected chi connectivity index (χ3v) is 3.21. The Morgan fingerprint density at radius 2 is 1.96 bits per heavy atom. The van der Waals surface area contributed by atoms with Gasteiger partial charge in [0.2, 0.25) is 0 Å². The summed E-state index contributed by atoms with van der Waals surface area (Å²) in [6.07, 6.45) is -6.52. The molecule has 2 heterocycles. The molecule has 130 valence electrons. The molecule has 13 heteroatoms. The van der Waals surface area contributed by atoms with E-state index in [2.05, 4.69) is 20.6 Å². The van der Waals surface area contributed by atoms with Gasteiger partial charge in [-0.2, -0.15) is 23.4 Å². The summed E-state index contributed by atoms with van der Waals surface area (Å²) in [7, 11) is 0. The zero-order chi connectivity index (χ0) is 18.1. The molecule has 24 heavy (non-hydrogen) atoms. The van der Waals surface area contributed by atoms with Crippen LogP contribution in [0.2, 0.25) is 10.2 Å². The summed E-state index contributed by atoms with van der Waals surface area (Å²) in [5.74, 6) is -1.17. The van der Waals surface area contributed by atoms with Crippen molar-refractivity contribution in [1.29, 1.82) is 0 Å². The number of nitrogens with one attached hydrogen (secondary N) is 1. The third kappa shape index (κ3) is 4.09. The van der Waals surface area contributed by atoms with Crippen LogP contribution in [0.4, 0.5) is 27.6 Å². The Balaban J connectivity index is 2.36. The molecule has 0 saturated heterocycles. The molecule has 0 aliphatic rings.